The molecule has 0 fully saturated rings. The van der Waals surface area contributed by atoms with Gasteiger partial charge in [-0.3, -0.25) is 9.59 Å². The Kier molecular flexibility index (Phi) is 10.2. The summed E-state index contributed by atoms with van der Waals surface area (Å²) in [6.45, 7) is 2.90. The van der Waals surface area contributed by atoms with Crippen molar-refractivity contribution in [3.8, 4) is 5.75 Å². The number of nitrogens with one attached hydrogen (secondary N) is 2. The number of rotatable bonds is 13. The number of benzene rings is 3. The zero-order valence-corrected chi connectivity index (χ0v) is 19.9. The minimum absolute atomic E-state index is 0.0618. The molecule has 0 aliphatic rings. The highest BCUT2D eigenvalue weighted by Crippen LogP contribution is 2.18. The lowest BCUT2D eigenvalue weighted by molar-refractivity contribution is -0.116. The Labute approximate surface area is 202 Å². The van der Waals surface area contributed by atoms with E-state index >= 15 is 0 Å². The molecule has 0 aliphatic carbocycles. The minimum atomic E-state index is -0.210. The van der Waals surface area contributed by atoms with E-state index in [9.17, 15) is 9.59 Å². The molecule has 3 aromatic carbocycles. The molecule has 178 valence electrons. The maximum Gasteiger partial charge on any atom is 0.255 e. The van der Waals surface area contributed by atoms with Crippen molar-refractivity contribution in [2.75, 3.05) is 17.2 Å². The van der Waals surface area contributed by atoms with Crippen molar-refractivity contribution in [1.82, 2.24) is 0 Å². The number of hydrogen-bond donors (Lipinski definition) is 2. The Balaban J connectivity index is 1.45. The van der Waals surface area contributed by atoms with Crippen molar-refractivity contribution in [2.24, 2.45) is 0 Å². The van der Waals surface area contributed by atoms with Crippen LogP contribution in [-0.4, -0.2) is 18.4 Å². The van der Waals surface area contributed by atoms with E-state index in [-0.39, 0.29) is 11.8 Å². The van der Waals surface area contributed by atoms with E-state index in [1.54, 1.807) is 30.3 Å². The van der Waals surface area contributed by atoms with Crippen LogP contribution in [0.5, 0.6) is 5.75 Å². The molecule has 0 atom stereocenters. The van der Waals surface area contributed by atoms with Gasteiger partial charge in [0.15, 0.2) is 0 Å². The summed E-state index contributed by atoms with van der Waals surface area (Å²) in [5.41, 5.74) is 2.95. The fourth-order valence-corrected chi connectivity index (χ4v) is 3.60. The molecule has 0 radical (unpaired) electrons. The van der Waals surface area contributed by atoms with E-state index in [0.29, 0.717) is 36.4 Å². The highest BCUT2D eigenvalue weighted by molar-refractivity contribution is 6.04. The molecule has 0 saturated heterocycles. The Morgan fingerprint density at radius 3 is 2.21 bits per heavy atom. The molecule has 0 aliphatic heterocycles. The predicted octanol–water partition coefficient (Wildman–Crippen LogP) is 6.86. The summed E-state index contributed by atoms with van der Waals surface area (Å²) in [7, 11) is 0. The highest BCUT2D eigenvalue weighted by Gasteiger charge is 2.08. The molecule has 2 amide bonds. The van der Waals surface area contributed by atoms with Gasteiger partial charge in [-0.05, 0) is 60.9 Å². The van der Waals surface area contributed by atoms with Crippen molar-refractivity contribution in [2.45, 2.75) is 51.9 Å². The van der Waals surface area contributed by atoms with Gasteiger partial charge in [-0.15, -0.1) is 0 Å². The number of carbonyl (C=O) groups is 2. The number of ether oxygens (including phenoxy) is 1. The lowest BCUT2D eigenvalue weighted by Crippen LogP contribution is -2.14. The molecule has 3 rings (SSSR count). The van der Waals surface area contributed by atoms with Gasteiger partial charge in [0.1, 0.15) is 5.75 Å². The Morgan fingerprint density at radius 1 is 0.765 bits per heavy atom. The van der Waals surface area contributed by atoms with E-state index in [4.69, 9.17) is 4.74 Å². The van der Waals surface area contributed by atoms with Crippen LogP contribution in [0.1, 0.15) is 61.4 Å². The van der Waals surface area contributed by atoms with Gasteiger partial charge in [-0.2, -0.15) is 0 Å². The number of carbonyl (C=O) groups excluding carboxylic acids is 2. The van der Waals surface area contributed by atoms with Crippen LogP contribution in [0.15, 0.2) is 78.9 Å². The van der Waals surface area contributed by atoms with Gasteiger partial charge < -0.3 is 15.4 Å². The second kappa shape index (κ2) is 13.8. The smallest absolute Gasteiger partial charge is 0.255 e. The number of anilines is 2. The number of unbranched alkanes of at least 4 members (excludes halogenated alkanes) is 4. The zero-order valence-electron chi connectivity index (χ0n) is 19.9. The summed E-state index contributed by atoms with van der Waals surface area (Å²) in [5.74, 6) is 0.499. The molecule has 3 aromatic rings. The third kappa shape index (κ3) is 8.74. The molecule has 0 aromatic heterocycles. The van der Waals surface area contributed by atoms with Crippen LogP contribution in [0, 0.1) is 0 Å². The van der Waals surface area contributed by atoms with Crippen LogP contribution in [0.3, 0.4) is 0 Å². The normalized spacial score (nSPS) is 10.5. The number of hydrogen-bond acceptors (Lipinski definition) is 3. The van der Waals surface area contributed by atoms with E-state index in [0.717, 1.165) is 17.7 Å². The van der Waals surface area contributed by atoms with Gasteiger partial charge in [-0.1, -0.05) is 69.0 Å². The Hall–Kier alpha value is -3.60. The van der Waals surface area contributed by atoms with Crippen molar-refractivity contribution in [3.63, 3.8) is 0 Å². The summed E-state index contributed by atoms with van der Waals surface area (Å²) in [5, 5.41) is 5.79. The fourth-order valence-electron chi connectivity index (χ4n) is 3.60. The molecule has 0 saturated carbocycles. The maximum absolute atomic E-state index is 12.6. The van der Waals surface area contributed by atoms with Gasteiger partial charge in [0.05, 0.1) is 6.61 Å². The van der Waals surface area contributed by atoms with Crippen LogP contribution >= 0.6 is 0 Å². The van der Waals surface area contributed by atoms with E-state index in [1.807, 2.05) is 48.5 Å². The average molecular weight is 459 g/mol. The molecule has 0 unspecified atom stereocenters. The van der Waals surface area contributed by atoms with Gasteiger partial charge in [-0.25, -0.2) is 0 Å². The topological polar surface area (TPSA) is 67.4 Å². The molecule has 0 heterocycles. The van der Waals surface area contributed by atoms with Gasteiger partial charge in [0, 0.05) is 23.4 Å². The second-order valence-corrected chi connectivity index (χ2v) is 8.36. The van der Waals surface area contributed by atoms with Gasteiger partial charge >= 0.3 is 0 Å². The molecular formula is C29H34N2O3. The SMILES string of the molecule is CCCCCCCOc1ccc(C(=O)Nc2cccc(NC(=O)CCc3ccccc3)c2)cc1. The quantitative estimate of drug-likeness (QED) is 0.275. The molecule has 34 heavy (non-hydrogen) atoms. The van der Waals surface area contributed by atoms with Gasteiger partial charge in [0.2, 0.25) is 5.91 Å². The molecule has 5 nitrogen and oxygen atoms in total. The van der Waals surface area contributed by atoms with E-state index in [2.05, 4.69) is 17.6 Å². The molecule has 5 heteroatoms. The van der Waals surface area contributed by atoms with Crippen molar-refractivity contribution >= 4 is 23.2 Å². The lowest BCUT2D eigenvalue weighted by atomic mass is 10.1. The number of aryl methyl sites for hydroxylation is 1. The monoisotopic (exact) mass is 458 g/mol. The predicted molar refractivity (Wildman–Crippen MR) is 138 cm³/mol. The summed E-state index contributed by atoms with van der Waals surface area (Å²) in [6.07, 6.45) is 7.06. The third-order valence-electron chi connectivity index (χ3n) is 5.52. The zero-order chi connectivity index (χ0) is 24.0. The Morgan fingerprint density at radius 2 is 1.47 bits per heavy atom. The first kappa shape index (κ1) is 25.0. The van der Waals surface area contributed by atoms with Crippen molar-refractivity contribution in [3.05, 3.63) is 90.0 Å². The van der Waals surface area contributed by atoms with Crippen LogP contribution < -0.4 is 15.4 Å². The van der Waals surface area contributed by atoms with E-state index in [1.165, 1.54) is 25.7 Å². The molecule has 0 spiro atoms. The lowest BCUT2D eigenvalue weighted by Gasteiger charge is -2.10. The summed E-state index contributed by atoms with van der Waals surface area (Å²) in [6, 6.07) is 24.3. The van der Waals surface area contributed by atoms with Crippen LogP contribution in [0.25, 0.3) is 0 Å². The molecular weight excluding hydrogens is 424 g/mol. The van der Waals surface area contributed by atoms with Crippen LogP contribution in [0.4, 0.5) is 11.4 Å². The number of amides is 2. The summed E-state index contributed by atoms with van der Waals surface area (Å²) >= 11 is 0. The first-order valence-electron chi connectivity index (χ1n) is 12.1. The summed E-state index contributed by atoms with van der Waals surface area (Å²) in [4.78, 5) is 24.9. The van der Waals surface area contributed by atoms with Gasteiger partial charge in [0.25, 0.3) is 5.91 Å². The minimum Gasteiger partial charge on any atom is -0.494 e. The van der Waals surface area contributed by atoms with Crippen LogP contribution in [0.2, 0.25) is 0 Å². The first-order valence-corrected chi connectivity index (χ1v) is 12.1. The maximum atomic E-state index is 12.6. The Bertz CT molecular complexity index is 1030. The molecule has 0 bridgehead atoms. The molecule has 2 N–H and O–H groups in total. The first-order chi connectivity index (χ1) is 16.6. The van der Waals surface area contributed by atoms with Crippen molar-refractivity contribution in [1.29, 1.82) is 0 Å². The van der Waals surface area contributed by atoms with Crippen molar-refractivity contribution < 1.29 is 14.3 Å². The second-order valence-electron chi connectivity index (χ2n) is 8.36. The standard InChI is InChI=1S/C29H34N2O3/c1-2-3-4-5-9-21-34-27-18-16-24(17-19-27)29(33)31-26-14-10-13-25(22-26)30-28(32)20-15-23-11-7-6-8-12-23/h6-8,10-14,16-19,22H,2-5,9,15,20-21H2,1H3,(H,30,32)(H,31,33). The van der Waals surface area contributed by atoms with E-state index < -0.39 is 0 Å². The van der Waals surface area contributed by atoms with Crippen LogP contribution in [-0.2, 0) is 11.2 Å². The fraction of sp³-hybridized carbons (Fsp3) is 0.310. The summed E-state index contributed by atoms with van der Waals surface area (Å²) < 4.78 is 5.77. The highest BCUT2D eigenvalue weighted by atomic mass is 16.5. The third-order valence-corrected chi connectivity index (χ3v) is 5.52. The average Bonchev–Trinajstić information content (AvgIpc) is 2.86. The largest absolute Gasteiger partial charge is 0.494 e.